The van der Waals surface area contributed by atoms with Crippen LogP contribution in [-0.4, -0.2) is 85.5 Å². The van der Waals surface area contributed by atoms with Crippen LogP contribution in [0.5, 0.6) is 0 Å². The van der Waals surface area contributed by atoms with E-state index < -0.39 is 17.9 Å². The van der Waals surface area contributed by atoms with Crippen LogP contribution >= 0.6 is 0 Å². The average Bonchev–Trinajstić information content (AvgIpc) is 3.59. The second-order valence-electron chi connectivity index (χ2n) is 11.1. The molecule has 13 heteroatoms. The number of nitrogens with zero attached hydrogens (tertiary/aromatic N) is 7. The molecule has 1 saturated carbocycles. The first kappa shape index (κ1) is 26.3. The van der Waals surface area contributed by atoms with Crippen molar-refractivity contribution < 1.29 is 13.6 Å². The molecule has 1 aliphatic carbocycles. The van der Waals surface area contributed by atoms with E-state index in [-0.39, 0.29) is 12.8 Å². The molecule has 0 bridgehead atoms. The van der Waals surface area contributed by atoms with Gasteiger partial charge in [-0.3, -0.25) is 4.79 Å². The Morgan fingerprint density at radius 1 is 1.10 bits per heavy atom. The number of carbonyl (C=O) groups excluding carboxylic acids is 1. The van der Waals surface area contributed by atoms with Gasteiger partial charge in [-0.05, 0) is 36.4 Å². The first-order chi connectivity index (χ1) is 20.3. The molecular weight excluding hydrogens is 542 g/mol. The van der Waals surface area contributed by atoms with Crippen LogP contribution in [0, 0.1) is 0 Å². The summed E-state index contributed by atoms with van der Waals surface area (Å²) < 4.78 is 28.0. The maximum absolute atomic E-state index is 13.2. The van der Waals surface area contributed by atoms with Crippen molar-refractivity contribution in [1.29, 1.82) is 0 Å². The fourth-order valence-corrected chi connectivity index (χ4v) is 5.51. The van der Waals surface area contributed by atoms with E-state index in [1.807, 2.05) is 24.5 Å². The standard InChI is InChI=1S/C29H30F2N10O/c1-39-6-8-40(9-7-39)25-3-2-18(13-32-25)14-34-28-35-16-22-21(15-33-26(22)38-28)19-4-5-41-24(10-19)23(17-36-41)27(42)37-20-11-29(30,31)12-20/h2-5,10,13,15-17,20H,6-9,11-12,14H2,1H3,(H,37,42)(H2,33,34,35,38). The number of hydrogen-bond donors (Lipinski definition) is 3. The zero-order valence-corrected chi connectivity index (χ0v) is 23.0. The quantitative estimate of drug-likeness (QED) is 0.271. The summed E-state index contributed by atoms with van der Waals surface area (Å²) >= 11 is 0. The molecule has 5 aromatic rings. The molecule has 0 aromatic carbocycles. The number of piperazine rings is 1. The van der Waals surface area contributed by atoms with Crippen LogP contribution in [-0.2, 0) is 6.54 Å². The van der Waals surface area contributed by atoms with E-state index in [0.717, 1.165) is 54.1 Å². The van der Waals surface area contributed by atoms with Gasteiger partial charge in [-0.2, -0.15) is 10.1 Å². The lowest BCUT2D eigenvalue weighted by Crippen LogP contribution is -2.50. The number of halogens is 2. The minimum atomic E-state index is -2.70. The highest BCUT2D eigenvalue weighted by molar-refractivity contribution is 6.02. The molecule has 42 heavy (non-hydrogen) atoms. The topological polar surface area (TPSA) is 119 Å². The molecule has 216 valence electrons. The van der Waals surface area contributed by atoms with Crippen molar-refractivity contribution in [3.63, 3.8) is 0 Å². The first-order valence-corrected chi connectivity index (χ1v) is 13.9. The van der Waals surface area contributed by atoms with E-state index in [1.54, 1.807) is 16.9 Å². The molecule has 6 heterocycles. The summed E-state index contributed by atoms with van der Waals surface area (Å²) in [6, 6.07) is 7.34. The summed E-state index contributed by atoms with van der Waals surface area (Å²) in [5.74, 6) is -1.63. The highest BCUT2D eigenvalue weighted by Gasteiger charge is 2.46. The maximum Gasteiger partial charge on any atom is 0.255 e. The van der Waals surface area contributed by atoms with Crippen molar-refractivity contribution in [3.05, 3.63) is 66.4 Å². The summed E-state index contributed by atoms with van der Waals surface area (Å²) in [6.07, 6.45) is 8.03. The Labute approximate surface area is 240 Å². The fourth-order valence-electron chi connectivity index (χ4n) is 5.51. The number of carbonyl (C=O) groups is 1. The lowest BCUT2D eigenvalue weighted by molar-refractivity contribution is -0.0901. The van der Waals surface area contributed by atoms with E-state index in [2.05, 4.69) is 64.6 Å². The number of pyridine rings is 2. The van der Waals surface area contributed by atoms with Crippen LogP contribution in [0.2, 0.25) is 0 Å². The van der Waals surface area contributed by atoms with Crippen molar-refractivity contribution in [3.8, 4) is 11.1 Å². The Morgan fingerprint density at radius 3 is 2.69 bits per heavy atom. The van der Waals surface area contributed by atoms with Crippen molar-refractivity contribution in [2.75, 3.05) is 43.4 Å². The Balaban J connectivity index is 1.04. The lowest BCUT2D eigenvalue weighted by atomic mass is 9.88. The smallest absolute Gasteiger partial charge is 0.255 e. The maximum atomic E-state index is 13.2. The molecule has 1 amide bonds. The minimum absolute atomic E-state index is 0.334. The summed E-state index contributed by atoms with van der Waals surface area (Å²) in [6.45, 7) is 4.56. The normalized spacial score (nSPS) is 17.5. The summed E-state index contributed by atoms with van der Waals surface area (Å²) in [7, 11) is 2.14. The van der Waals surface area contributed by atoms with Crippen LogP contribution in [0.3, 0.4) is 0 Å². The largest absolute Gasteiger partial charge is 0.354 e. The number of anilines is 2. The van der Waals surface area contributed by atoms with Crippen LogP contribution < -0.4 is 15.5 Å². The summed E-state index contributed by atoms with van der Waals surface area (Å²) in [5.41, 5.74) is 4.33. The zero-order chi connectivity index (χ0) is 28.8. The molecule has 2 aliphatic rings. The molecule has 1 aliphatic heterocycles. The van der Waals surface area contributed by atoms with Gasteiger partial charge in [-0.1, -0.05) is 6.07 Å². The van der Waals surface area contributed by atoms with Crippen molar-refractivity contribution in [2.45, 2.75) is 31.4 Å². The Hall–Kier alpha value is -4.65. The monoisotopic (exact) mass is 572 g/mol. The van der Waals surface area contributed by atoms with E-state index in [9.17, 15) is 13.6 Å². The molecule has 0 atom stereocenters. The van der Waals surface area contributed by atoms with Gasteiger partial charge in [0.15, 0.2) is 0 Å². The number of amides is 1. The number of H-pyrrole nitrogens is 1. The Kier molecular flexibility index (Phi) is 6.45. The predicted molar refractivity (Wildman–Crippen MR) is 155 cm³/mol. The van der Waals surface area contributed by atoms with E-state index in [1.165, 1.54) is 6.20 Å². The van der Waals surface area contributed by atoms with Crippen molar-refractivity contribution in [1.82, 2.24) is 39.8 Å². The zero-order valence-electron chi connectivity index (χ0n) is 23.0. The molecule has 0 spiro atoms. The van der Waals surface area contributed by atoms with Crippen LogP contribution in [0.15, 0.2) is 55.2 Å². The number of aromatic nitrogens is 6. The SMILES string of the molecule is CN1CCN(c2ccc(CNc3ncc4c(-c5ccn6ncc(C(=O)NC7CC(F)(F)C7)c6c5)c[nH]c4n3)cn2)CC1. The van der Waals surface area contributed by atoms with Gasteiger partial charge in [0.1, 0.15) is 11.5 Å². The molecular formula is C29H30F2N10O. The molecule has 1 saturated heterocycles. The number of hydrogen-bond acceptors (Lipinski definition) is 8. The van der Waals surface area contributed by atoms with Crippen LogP contribution in [0.25, 0.3) is 27.7 Å². The van der Waals surface area contributed by atoms with E-state index in [0.29, 0.717) is 29.2 Å². The molecule has 7 rings (SSSR count). The molecule has 11 nitrogen and oxygen atoms in total. The predicted octanol–water partition coefficient (Wildman–Crippen LogP) is 3.56. The Bertz CT molecular complexity index is 1750. The summed E-state index contributed by atoms with van der Waals surface area (Å²) in [4.78, 5) is 34.4. The van der Waals surface area contributed by atoms with Crippen molar-refractivity contribution >= 4 is 34.2 Å². The highest BCUT2D eigenvalue weighted by atomic mass is 19.3. The molecule has 0 radical (unpaired) electrons. The van der Waals surface area contributed by atoms with Gasteiger partial charge in [0.05, 0.1) is 17.3 Å². The van der Waals surface area contributed by atoms with Gasteiger partial charge < -0.3 is 25.4 Å². The number of alkyl halides is 2. The Morgan fingerprint density at radius 2 is 1.93 bits per heavy atom. The first-order valence-electron chi connectivity index (χ1n) is 13.9. The van der Waals surface area contributed by atoms with Crippen LogP contribution in [0.1, 0.15) is 28.8 Å². The second kappa shape index (κ2) is 10.3. The number of likely N-dealkylation sites (N-methyl/N-ethyl adjacent to an activating group) is 1. The van der Waals surface area contributed by atoms with Gasteiger partial charge in [0.25, 0.3) is 11.8 Å². The fraction of sp³-hybridized carbons (Fsp3) is 0.345. The van der Waals surface area contributed by atoms with E-state index >= 15 is 0 Å². The third-order valence-corrected chi connectivity index (χ3v) is 8.02. The molecule has 2 fully saturated rings. The van der Waals surface area contributed by atoms with Gasteiger partial charge in [0.2, 0.25) is 5.95 Å². The lowest BCUT2D eigenvalue weighted by Gasteiger charge is -2.35. The minimum Gasteiger partial charge on any atom is -0.354 e. The van der Waals surface area contributed by atoms with Gasteiger partial charge >= 0.3 is 0 Å². The second-order valence-corrected chi connectivity index (χ2v) is 11.1. The molecule has 0 unspecified atom stereocenters. The van der Waals surface area contributed by atoms with E-state index in [4.69, 9.17) is 0 Å². The number of fused-ring (bicyclic) bond motifs is 2. The van der Waals surface area contributed by atoms with Gasteiger partial charge in [-0.15, -0.1) is 0 Å². The van der Waals surface area contributed by atoms with Crippen LogP contribution in [0.4, 0.5) is 20.5 Å². The highest BCUT2D eigenvalue weighted by Crippen LogP contribution is 2.37. The molecule has 3 N–H and O–H groups in total. The third-order valence-electron chi connectivity index (χ3n) is 8.02. The van der Waals surface area contributed by atoms with Gasteiger partial charge in [-0.25, -0.2) is 23.3 Å². The van der Waals surface area contributed by atoms with Crippen molar-refractivity contribution in [2.24, 2.45) is 0 Å². The number of rotatable bonds is 7. The number of aromatic amines is 1. The molecule has 5 aromatic heterocycles. The third kappa shape index (κ3) is 5.11. The summed E-state index contributed by atoms with van der Waals surface area (Å²) in [5, 5.41) is 11.0. The average molecular weight is 573 g/mol. The van der Waals surface area contributed by atoms with Gasteiger partial charge in [0, 0.05) is 87.3 Å². The number of nitrogens with one attached hydrogen (secondary N) is 3.